The molecule has 0 spiro atoms. The molecule has 0 aliphatic rings. The minimum atomic E-state index is -4.73. The number of aromatic nitrogens is 2. The fourth-order valence-electron chi connectivity index (χ4n) is 1.52. The van der Waals surface area contributed by atoms with Crippen molar-refractivity contribution in [3.05, 3.63) is 33.9 Å². The van der Waals surface area contributed by atoms with Crippen LogP contribution in [0, 0.1) is 6.92 Å². The summed E-state index contributed by atoms with van der Waals surface area (Å²) in [5, 5.41) is 15.1. The molecule has 0 amide bonds. The number of benzene rings is 1. The minimum absolute atomic E-state index is 0. The first-order valence-electron chi connectivity index (χ1n) is 4.89. The Kier molecular flexibility index (Phi) is 8.28. The van der Waals surface area contributed by atoms with Crippen LogP contribution in [0.5, 0.6) is 5.88 Å². The van der Waals surface area contributed by atoms with Crippen LogP contribution in [0.3, 0.4) is 0 Å². The maximum atomic E-state index is 11.6. The molecule has 0 unspecified atom stereocenters. The average molecular weight is 367 g/mol. The summed E-state index contributed by atoms with van der Waals surface area (Å²) in [5.41, 5.74) is 0.579. The maximum absolute atomic E-state index is 11.6. The predicted octanol–water partition coefficient (Wildman–Crippen LogP) is -4.53. The summed E-state index contributed by atoms with van der Waals surface area (Å²) in [6.07, 6.45) is 0. The molecule has 0 aliphatic heterocycles. The van der Waals surface area contributed by atoms with Gasteiger partial charge in [0.1, 0.15) is 10.1 Å². The quantitative estimate of drug-likeness (QED) is 0.394. The summed E-state index contributed by atoms with van der Waals surface area (Å²) in [7, 11) is -4.73. The van der Waals surface area contributed by atoms with Gasteiger partial charge in [0.05, 0.1) is 26.3 Å². The third kappa shape index (κ3) is 4.84. The molecule has 0 fully saturated rings. The van der Waals surface area contributed by atoms with Gasteiger partial charge < -0.3 is 9.66 Å². The van der Waals surface area contributed by atoms with E-state index in [0.29, 0.717) is 5.69 Å². The molecule has 0 atom stereocenters. The molecule has 0 aliphatic carbocycles. The fourth-order valence-corrected chi connectivity index (χ4v) is 2.83. The number of hydrogen-bond acceptors (Lipinski definition) is 5. The standard InChI is InChI=1S/C10H8Cl2N2O4S.2Na/c1-5-2-10(15)14(13-5)8-3-7(12)9(4-6(8)11)19(16,17)18;;/h2-4,15H,1H3,(H,16,17,18);;/q;2*+1/p-2. The summed E-state index contributed by atoms with van der Waals surface area (Å²) in [6, 6.07) is 3.29. The van der Waals surface area contributed by atoms with Gasteiger partial charge in [-0.3, -0.25) is 0 Å². The molecular weight excluding hydrogens is 361 g/mol. The van der Waals surface area contributed by atoms with Gasteiger partial charge in [-0.1, -0.05) is 23.2 Å². The first-order chi connectivity index (χ1) is 8.70. The van der Waals surface area contributed by atoms with Crippen molar-refractivity contribution in [3.63, 3.8) is 0 Å². The minimum Gasteiger partial charge on any atom is -0.859 e. The van der Waals surface area contributed by atoms with Gasteiger partial charge in [-0.25, -0.2) is 13.1 Å². The molecule has 0 radical (unpaired) electrons. The van der Waals surface area contributed by atoms with Crippen LogP contribution < -0.4 is 64.2 Å². The van der Waals surface area contributed by atoms with Crippen LogP contribution in [0.1, 0.15) is 5.69 Å². The molecule has 102 valence electrons. The Morgan fingerprint density at radius 1 is 1.14 bits per heavy atom. The van der Waals surface area contributed by atoms with E-state index in [4.69, 9.17) is 23.2 Å². The van der Waals surface area contributed by atoms with Crippen molar-refractivity contribution in [3.8, 4) is 11.6 Å². The molecule has 0 saturated carbocycles. The third-order valence-corrected chi connectivity index (χ3v) is 3.90. The van der Waals surface area contributed by atoms with Crippen molar-refractivity contribution >= 4 is 33.3 Å². The maximum Gasteiger partial charge on any atom is 1.00 e. The van der Waals surface area contributed by atoms with E-state index < -0.39 is 20.9 Å². The molecule has 1 aromatic carbocycles. The first-order valence-corrected chi connectivity index (χ1v) is 7.05. The van der Waals surface area contributed by atoms with E-state index >= 15 is 0 Å². The Morgan fingerprint density at radius 3 is 2.14 bits per heavy atom. The Labute approximate surface area is 175 Å². The first kappa shape index (κ1) is 21.7. The van der Waals surface area contributed by atoms with Gasteiger partial charge in [0.15, 0.2) is 0 Å². The van der Waals surface area contributed by atoms with Gasteiger partial charge in [-0.15, -0.1) is 0 Å². The summed E-state index contributed by atoms with van der Waals surface area (Å²) in [4.78, 5) is -0.640. The second-order valence-electron chi connectivity index (χ2n) is 3.72. The van der Waals surface area contributed by atoms with Crippen LogP contribution in [-0.2, 0) is 10.1 Å². The van der Waals surface area contributed by atoms with Gasteiger partial charge in [-0.05, 0) is 31.0 Å². The van der Waals surface area contributed by atoms with E-state index in [2.05, 4.69) is 5.10 Å². The number of halogens is 2. The van der Waals surface area contributed by atoms with E-state index in [1.807, 2.05) is 0 Å². The average Bonchev–Trinajstić information content (AvgIpc) is 2.59. The van der Waals surface area contributed by atoms with Gasteiger partial charge in [0.2, 0.25) is 0 Å². The normalized spacial score (nSPS) is 10.7. The molecule has 11 heteroatoms. The summed E-state index contributed by atoms with van der Waals surface area (Å²) in [6.45, 7) is 1.61. The van der Waals surface area contributed by atoms with Gasteiger partial charge in [0.25, 0.3) is 0 Å². The van der Waals surface area contributed by atoms with Crippen LogP contribution >= 0.6 is 23.2 Å². The number of nitrogens with zero attached hydrogens (tertiary/aromatic N) is 2. The number of rotatable bonds is 2. The third-order valence-electron chi connectivity index (χ3n) is 2.30. The van der Waals surface area contributed by atoms with E-state index in [-0.39, 0.29) is 74.8 Å². The summed E-state index contributed by atoms with van der Waals surface area (Å²) >= 11 is 11.6. The largest absolute Gasteiger partial charge is 1.00 e. The molecule has 0 bridgehead atoms. The summed E-state index contributed by atoms with van der Waals surface area (Å²) < 4.78 is 33.8. The molecule has 6 nitrogen and oxygen atoms in total. The van der Waals surface area contributed by atoms with Crippen LogP contribution in [0.4, 0.5) is 0 Å². The smallest absolute Gasteiger partial charge is 0.859 e. The molecule has 1 heterocycles. The number of aryl methyl sites for hydroxylation is 1. The van der Waals surface area contributed by atoms with Crippen molar-refractivity contribution in [2.75, 3.05) is 0 Å². The molecule has 0 N–H and O–H groups in total. The Bertz CT molecular complexity index is 765. The molecular formula is C10H6Cl2N2Na2O4S. The zero-order chi connectivity index (χ0) is 14.4. The topological polar surface area (TPSA) is 98.1 Å². The van der Waals surface area contributed by atoms with Gasteiger partial charge in [-0.2, -0.15) is 5.10 Å². The zero-order valence-electron chi connectivity index (χ0n) is 11.4. The molecule has 21 heavy (non-hydrogen) atoms. The van der Waals surface area contributed by atoms with Crippen molar-refractivity contribution in [1.82, 2.24) is 9.78 Å². The van der Waals surface area contributed by atoms with Crippen LogP contribution in [-0.4, -0.2) is 22.8 Å². The van der Waals surface area contributed by atoms with E-state index in [1.165, 1.54) is 6.07 Å². The van der Waals surface area contributed by atoms with Crippen LogP contribution in [0.15, 0.2) is 23.1 Å². The predicted molar refractivity (Wildman–Crippen MR) is 65.7 cm³/mol. The van der Waals surface area contributed by atoms with E-state index in [0.717, 1.165) is 16.8 Å². The van der Waals surface area contributed by atoms with E-state index in [9.17, 15) is 18.1 Å². The molecule has 2 aromatic rings. The van der Waals surface area contributed by atoms with Gasteiger partial charge in [0, 0.05) is 0 Å². The van der Waals surface area contributed by atoms with Crippen LogP contribution in [0.25, 0.3) is 5.69 Å². The van der Waals surface area contributed by atoms with Crippen LogP contribution in [0.2, 0.25) is 10.0 Å². The van der Waals surface area contributed by atoms with Crippen molar-refractivity contribution in [2.24, 2.45) is 0 Å². The van der Waals surface area contributed by atoms with Gasteiger partial charge >= 0.3 is 59.1 Å². The zero-order valence-corrected chi connectivity index (χ0v) is 17.8. The fraction of sp³-hybridized carbons (Fsp3) is 0.100. The molecule has 1 aromatic heterocycles. The Balaban J connectivity index is 0.00000200. The second kappa shape index (κ2) is 8.01. The SMILES string of the molecule is Cc1cc([O-])n(-c2cc(Cl)c(S(=O)(=O)[O-])cc2Cl)n1.[Na+].[Na+]. The van der Waals surface area contributed by atoms with Crippen molar-refractivity contribution < 1.29 is 77.2 Å². The monoisotopic (exact) mass is 366 g/mol. The van der Waals surface area contributed by atoms with E-state index in [1.54, 1.807) is 6.92 Å². The Hall–Kier alpha value is 0.720. The second-order valence-corrected chi connectivity index (χ2v) is 5.89. The van der Waals surface area contributed by atoms with Crippen molar-refractivity contribution in [2.45, 2.75) is 11.8 Å². The number of hydrogen-bond donors (Lipinski definition) is 0. The summed E-state index contributed by atoms with van der Waals surface area (Å²) in [5.74, 6) is -0.437. The van der Waals surface area contributed by atoms with Crippen molar-refractivity contribution in [1.29, 1.82) is 0 Å². The molecule has 0 saturated heterocycles. The Morgan fingerprint density at radius 2 is 1.71 bits per heavy atom. The molecule has 2 rings (SSSR count).